The lowest BCUT2D eigenvalue weighted by Gasteiger charge is -2.28. The van der Waals surface area contributed by atoms with Crippen molar-refractivity contribution >= 4 is 17.6 Å². The second kappa shape index (κ2) is 6.97. The summed E-state index contributed by atoms with van der Waals surface area (Å²) in [5, 5.41) is 0. The quantitative estimate of drug-likeness (QED) is 0.851. The van der Waals surface area contributed by atoms with Crippen LogP contribution in [0.2, 0.25) is 0 Å². The number of nitrogens with zero attached hydrogens (tertiary/aromatic N) is 5. The molecule has 0 aliphatic rings. The molecule has 0 amide bonds. The van der Waals surface area contributed by atoms with Crippen molar-refractivity contribution in [3.05, 3.63) is 35.7 Å². The molecule has 0 spiro atoms. The van der Waals surface area contributed by atoms with Gasteiger partial charge in [0, 0.05) is 31.4 Å². The van der Waals surface area contributed by atoms with Crippen molar-refractivity contribution < 1.29 is 0 Å². The van der Waals surface area contributed by atoms with Crippen LogP contribution in [0.1, 0.15) is 25.2 Å². The van der Waals surface area contributed by atoms with E-state index in [1.165, 1.54) is 0 Å². The summed E-state index contributed by atoms with van der Waals surface area (Å²) in [5.74, 6) is 4.06. The molecule has 2 aromatic rings. The second-order valence-electron chi connectivity index (χ2n) is 5.72. The molecule has 0 aliphatic carbocycles. The Balaban J connectivity index is 2.35. The van der Waals surface area contributed by atoms with Gasteiger partial charge >= 0.3 is 0 Å². The van der Waals surface area contributed by atoms with E-state index in [4.69, 9.17) is 12.2 Å². The monoisotopic (exact) mass is 310 g/mol. The van der Waals surface area contributed by atoms with Crippen LogP contribution >= 0.6 is 0 Å². The molecule has 6 nitrogen and oxygen atoms in total. The normalized spacial score (nSPS) is 10.4. The molecular formula is C17H22N6. The maximum absolute atomic E-state index is 5.80. The summed E-state index contributed by atoms with van der Waals surface area (Å²) >= 11 is 0. The fraction of sp³-hybridized carbons (Fsp3) is 0.353. The lowest BCUT2D eigenvalue weighted by atomic mass is 10.1. The third-order valence-electron chi connectivity index (χ3n) is 3.37. The predicted octanol–water partition coefficient (Wildman–Crippen LogP) is 1.92. The van der Waals surface area contributed by atoms with Gasteiger partial charge in [0.1, 0.15) is 0 Å². The molecule has 0 saturated carbocycles. The third-order valence-corrected chi connectivity index (χ3v) is 3.37. The van der Waals surface area contributed by atoms with E-state index in [0.29, 0.717) is 18.3 Å². The standard InChI is InChI=1S/C17H22N6/c1-6-13-8-7-9-14(10-13)23(12(2)3)11-15-19-16(18)21-17(20-15)22(4)5/h1,7-10,12H,11H2,2-5H3,(H2,18,19,20,21). The van der Waals surface area contributed by atoms with E-state index < -0.39 is 0 Å². The zero-order chi connectivity index (χ0) is 17.0. The van der Waals surface area contributed by atoms with Crippen LogP contribution in [0.15, 0.2) is 24.3 Å². The van der Waals surface area contributed by atoms with E-state index in [1.807, 2.05) is 38.4 Å². The maximum atomic E-state index is 5.80. The summed E-state index contributed by atoms with van der Waals surface area (Å²) < 4.78 is 0. The van der Waals surface area contributed by atoms with Crippen molar-refractivity contribution in [1.29, 1.82) is 0 Å². The molecule has 1 aromatic carbocycles. The number of nitrogens with two attached hydrogens (primary N) is 1. The number of rotatable bonds is 5. The van der Waals surface area contributed by atoms with Crippen LogP contribution in [-0.2, 0) is 6.54 Å². The molecule has 0 bridgehead atoms. The maximum Gasteiger partial charge on any atom is 0.229 e. The van der Waals surface area contributed by atoms with E-state index in [2.05, 4.69) is 39.6 Å². The molecule has 2 rings (SSSR count). The van der Waals surface area contributed by atoms with E-state index in [0.717, 1.165) is 11.3 Å². The van der Waals surface area contributed by atoms with Crippen molar-refractivity contribution in [2.24, 2.45) is 0 Å². The zero-order valence-corrected chi connectivity index (χ0v) is 14.0. The Hall–Kier alpha value is -2.81. The number of benzene rings is 1. The topological polar surface area (TPSA) is 71.2 Å². The fourth-order valence-corrected chi connectivity index (χ4v) is 2.19. The first kappa shape index (κ1) is 16.6. The van der Waals surface area contributed by atoms with Crippen LogP contribution in [0.5, 0.6) is 0 Å². The Morgan fingerprint density at radius 1 is 1.22 bits per heavy atom. The van der Waals surface area contributed by atoms with Crippen molar-refractivity contribution in [1.82, 2.24) is 15.0 Å². The summed E-state index contributed by atoms with van der Waals surface area (Å²) in [5.41, 5.74) is 7.67. The molecule has 0 unspecified atom stereocenters. The van der Waals surface area contributed by atoms with Crippen molar-refractivity contribution in [3.8, 4) is 12.3 Å². The molecule has 0 aliphatic heterocycles. The summed E-state index contributed by atoms with van der Waals surface area (Å²) in [7, 11) is 3.74. The molecule has 1 aromatic heterocycles. The average Bonchev–Trinajstić information content (AvgIpc) is 2.51. The minimum atomic E-state index is 0.222. The summed E-state index contributed by atoms with van der Waals surface area (Å²) in [6.45, 7) is 4.75. The molecule has 0 fully saturated rings. The highest BCUT2D eigenvalue weighted by Gasteiger charge is 2.15. The van der Waals surface area contributed by atoms with Gasteiger partial charge in [0.15, 0.2) is 5.82 Å². The fourth-order valence-electron chi connectivity index (χ4n) is 2.19. The number of hydrogen-bond acceptors (Lipinski definition) is 6. The molecule has 0 atom stereocenters. The Morgan fingerprint density at radius 3 is 2.57 bits per heavy atom. The Bertz CT molecular complexity index is 717. The molecule has 120 valence electrons. The molecule has 0 saturated heterocycles. The number of aromatic nitrogens is 3. The second-order valence-corrected chi connectivity index (χ2v) is 5.72. The molecule has 1 heterocycles. The Labute approximate surface area is 137 Å². The molecule has 6 heteroatoms. The number of hydrogen-bond donors (Lipinski definition) is 1. The third kappa shape index (κ3) is 4.10. The highest BCUT2D eigenvalue weighted by Crippen LogP contribution is 2.21. The lowest BCUT2D eigenvalue weighted by molar-refractivity contribution is 0.659. The Kier molecular flexibility index (Phi) is 5.02. The largest absolute Gasteiger partial charge is 0.368 e. The number of nitrogen functional groups attached to an aromatic ring is 1. The van der Waals surface area contributed by atoms with Gasteiger partial charge in [-0.1, -0.05) is 12.0 Å². The van der Waals surface area contributed by atoms with Crippen molar-refractivity contribution in [2.45, 2.75) is 26.4 Å². The predicted molar refractivity (Wildman–Crippen MR) is 94.3 cm³/mol. The molecule has 0 radical (unpaired) electrons. The molecule has 2 N–H and O–H groups in total. The number of terminal acetylenes is 1. The molecule has 23 heavy (non-hydrogen) atoms. The van der Waals surface area contributed by atoms with Gasteiger partial charge in [-0.15, -0.1) is 6.42 Å². The van der Waals surface area contributed by atoms with Gasteiger partial charge in [0.05, 0.1) is 6.54 Å². The summed E-state index contributed by atoms with van der Waals surface area (Å²) in [6, 6.07) is 8.12. The van der Waals surface area contributed by atoms with E-state index in [-0.39, 0.29) is 12.0 Å². The summed E-state index contributed by atoms with van der Waals surface area (Å²) in [4.78, 5) is 16.8. The minimum Gasteiger partial charge on any atom is -0.368 e. The van der Waals surface area contributed by atoms with Crippen LogP contribution in [0.25, 0.3) is 0 Å². The first-order valence-electron chi connectivity index (χ1n) is 7.41. The van der Waals surface area contributed by atoms with Crippen LogP contribution in [-0.4, -0.2) is 35.1 Å². The first-order chi connectivity index (χ1) is 10.9. The lowest BCUT2D eigenvalue weighted by Crippen LogP contribution is -2.31. The number of anilines is 3. The van der Waals surface area contributed by atoms with Crippen LogP contribution in [0, 0.1) is 12.3 Å². The van der Waals surface area contributed by atoms with Crippen LogP contribution in [0.4, 0.5) is 17.6 Å². The van der Waals surface area contributed by atoms with Gasteiger partial charge in [-0.05, 0) is 32.0 Å². The first-order valence-corrected chi connectivity index (χ1v) is 7.41. The van der Waals surface area contributed by atoms with Gasteiger partial charge in [-0.3, -0.25) is 0 Å². The summed E-state index contributed by atoms with van der Waals surface area (Å²) in [6.07, 6.45) is 5.50. The van der Waals surface area contributed by atoms with Crippen molar-refractivity contribution in [3.63, 3.8) is 0 Å². The van der Waals surface area contributed by atoms with Crippen molar-refractivity contribution in [2.75, 3.05) is 29.6 Å². The highest BCUT2D eigenvalue weighted by molar-refractivity contribution is 5.53. The molecular weight excluding hydrogens is 288 g/mol. The van der Waals surface area contributed by atoms with Gasteiger partial charge in [-0.2, -0.15) is 15.0 Å². The average molecular weight is 310 g/mol. The van der Waals surface area contributed by atoms with Crippen LogP contribution in [0.3, 0.4) is 0 Å². The Morgan fingerprint density at radius 2 is 1.96 bits per heavy atom. The SMILES string of the molecule is C#Cc1cccc(N(Cc2nc(N)nc(N(C)C)n2)C(C)C)c1. The van der Waals surface area contributed by atoms with Gasteiger partial charge in [-0.25, -0.2) is 0 Å². The van der Waals surface area contributed by atoms with Crippen LogP contribution < -0.4 is 15.5 Å². The smallest absolute Gasteiger partial charge is 0.229 e. The van der Waals surface area contributed by atoms with E-state index in [9.17, 15) is 0 Å². The highest BCUT2D eigenvalue weighted by atomic mass is 15.3. The van der Waals surface area contributed by atoms with Gasteiger partial charge in [0.25, 0.3) is 0 Å². The van der Waals surface area contributed by atoms with Gasteiger partial charge < -0.3 is 15.5 Å². The zero-order valence-electron chi connectivity index (χ0n) is 14.0. The minimum absolute atomic E-state index is 0.222. The van der Waals surface area contributed by atoms with E-state index in [1.54, 1.807) is 4.90 Å². The van der Waals surface area contributed by atoms with Gasteiger partial charge in [0.2, 0.25) is 11.9 Å². The van der Waals surface area contributed by atoms with E-state index >= 15 is 0 Å².